The molecule has 1 aromatic carbocycles. The molecule has 0 saturated carbocycles. The average Bonchev–Trinajstić information content (AvgIpc) is 2.49. The molecule has 0 saturated heterocycles. The van der Waals surface area contributed by atoms with Gasteiger partial charge < -0.3 is 11.1 Å². The van der Waals surface area contributed by atoms with Gasteiger partial charge in [-0.25, -0.2) is 4.98 Å². The lowest BCUT2D eigenvalue weighted by Gasteiger charge is -2.08. The first kappa shape index (κ1) is 13.3. The number of nitrogens with one attached hydrogen (secondary N) is 1. The maximum absolute atomic E-state index is 12.2. The second kappa shape index (κ2) is 5.34. The van der Waals surface area contributed by atoms with E-state index < -0.39 is 0 Å². The Labute approximate surface area is 125 Å². The standard InChI is InChI=1S/C14H10ClN5O/c15-13-6-9(10(16)7-19-13)14(21)20-8-1-2-11-12(5-8)18-4-3-17-11/h1-7H,16H2,(H,20,21). The van der Waals surface area contributed by atoms with E-state index in [1.807, 2.05) is 0 Å². The van der Waals surface area contributed by atoms with Crippen molar-refractivity contribution in [3.8, 4) is 0 Å². The molecule has 0 unspecified atom stereocenters. The van der Waals surface area contributed by atoms with Crippen LogP contribution in [0.5, 0.6) is 0 Å². The summed E-state index contributed by atoms with van der Waals surface area (Å²) in [6, 6.07) is 6.68. The first-order chi connectivity index (χ1) is 10.1. The van der Waals surface area contributed by atoms with Gasteiger partial charge in [-0.3, -0.25) is 14.8 Å². The fraction of sp³-hybridized carbons (Fsp3) is 0. The maximum atomic E-state index is 12.2. The number of nitrogens with zero attached hydrogens (tertiary/aromatic N) is 3. The molecule has 0 bridgehead atoms. The van der Waals surface area contributed by atoms with Crippen LogP contribution in [0.4, 0.5) is 11.4 Å². The molecule has 0 radical (unpaired) electrons. The van der Waals surface area contributed by atoms with Crippen molar-refractivity contribution in [1.82, 2.24) is 15.0 Å². The number of nitrogen functional groups attached to an aromatic ring is 1. The van der Waals surface area contributed by atoms with Gasteiger partial charge in [0.15, 0.2) is 0 Å². The molecule has 2 heterocycles. The van der Waals surface area contributed by atoms with Gasteiger partial charge in [0.25, 0.3) is 5.91 Å². The molecule has 0 spiro atoms. The van der Waals surface area contributed by atoms with Crippen LogP contribution in [0.25, 0.3) is 11.0 Å². The smallest absolute Gasteiger partial charge is 0.257 e. The largest absolute Gasteiger partial charge is 0.397 e. The van der Waals surface area contributed by atoms with Crippen LogP contribution in [0.2, 0.25) is 5.15 Å². The molecular formula is C14H10ClN5O. The monoisotopic (exact) mass is 299 g/mol. The van der Waals surface area contributed by atoms with Gasteiger partial charge >= 0.3 is 0 Å². The topological polar surface area (TPSA) is 93.8 Å². The summed E-state index contributed by atoms with van der Waals surface area (Å²) < 4.78 is 0. The third-order valence-electron chi connectivity index (χ3n) is 2.87. The van der Waals surface area contributed by atoms with Gasteiger partial charge in [-0.15, -0.1) is 0 Å². The molecule has 6 nitrogen and oxygen atoms in total. The molecule has 0 aliphatic heterocycles. The predicted molar refractivity (Wildman–Crippen MR) is 81.2 cm³/mol. The Bertz CT molecular complexity index is 836. The Morgan fingerprint density at radius 1 is 1.10 bits per heavy atom. The Morgan fingerprint density at radius 3 is 2.67 bits per heavy atom. The lowest BCUT2D eigenvalue weighted by molar-refractivity contribution is 0.102. The molecule has 0 aliphatic rings. The molecule has 3 aromatic rings. The van der Waals surface area contributed by atoms with Gasteiger partial charge in [0.05, 0.1) is 28.5 Å². The number of amides is 1. The van der Waals surface area contributed by atoms with E-state index in [9.17, 15) is 4.79 Å². The van der Waals surface area contributed by atoms with Gasteiger partial charge in [0, 0.05) is 18.1 Å². The molecule has 3 N–H and O–H groups in total. The van der Waals surface area contributed by atoms with E-state index in [2.05, 4.69) is 20.3 Å². The van der Waals surface area contributed by atoms with Crippen LogP contribution >= 0.6 is 11.6 Å². The van der Waals surface area contributed by atoms with Gasteiger partial charge in [-0.2, -0.15) is 0 Å². The fourth-order valence-corrected chi connectivity index (χ4v) is 2.03. The Balaban J connectivity index is 1.90. The summed E-state index contributed by atoms with van der Waals surface area (Å²) in [5.74, 6) is -0.361. The van der Waals surface area contributed by atoms with Crippen LogP contribution in [0.15, 0.2) is 42.9 Å². The van der Waals surface area contributed by atoms with E-state index in [0.29, 0.717) is 11.2 Å². The number of fused-ring (bicyclic) bond motifs is 1. The third kappa shape index (κ3) is 2.75. The lowest BCUT2D eigenvalue weighted by atomic mass is 10.2. The minimum absolute atomic E-state index is 0.207. The number of benzene rings is 1. The zero-order valence-corrected chi connectivity index (χ0v) is 11.5. The quantitative estimate of drug-likeness (QED) is 0.709. The zero-order valence-electron chi connectivity index (χ0n) is 10.7. The molecule has 1 amide bonds. The van der Waals surface area contributed by atoms with Gasteiger partial charge in [0.2, 0.25) is 0 Å². The molecular weight excluding hydrogens is 290 g/mol. The summed E-state index contributed by atoms with van der Waals surface area (Å²) in [6.45, 7) is 0. The molecule has 2 aromatic heterocycles. The van der Waals surface area contributed by atoms with Crippen LogP contribution < -0.4 is 11.1 Å². The van der Waals surface area contributed by atoms with Crippen LogP contribution in [0, 0.1) is 0 Å². The van der Waals surface area contributed by atoms with Crippen molar-refractivity contribution in [2.45, 2.75) is 0 Å². The zero-order chi connectivity index (χ0) is 14.8. The number of carbonyl (C=O) groups is 1. The minimum Gasteiger partial charge on any atom is -0.397 e. The van der Waals surface area contributed by atoms with Crippen molar-refractivity contribution in [2.75, 3.05) is 11.1 Å². The molecule has 0 fully saturated rings. The normalized spacial score (nSPS) is 10.5. The first-order valence-electron chi connectivity index (χ1n) is 6.06. The van der Waals surface area contributed by atoms with E-state index in [0.717, 1.165) is 5.52 Å². The molecule has 0 atom stereocenters. The summed E-state index contributed by atoms with van der Waals surface area (Å²) >= 11 is 5.78. The number of halogens is 1. The van der Waals surface area contributed by atoms with Crippen molar-refractivity contribution >= 4 is 39.9 Å². The molecule has 0 aliphatic carbocycles. The minimum atomic E-state index is -0.361. The number of aromatic nitrogens is 3. The molecule has 104 valence electrons. The van der Waals surface area contributed by atoms with E-state index in [1.165, 1.54) is 12.3 Å². The summed E-state index contributed by atoms with van der Waals surface area (Å²) in [5, 5.41) is 2.95. The maximum Gasteiger partial charge on any atom is 0.257 e. The SMILES string of the molecule is Nc1cnc(Cl)cc1C(=O)Nc1ccc2nccnc2c1. The average molecular weight is 300 g/mol. The molecule has 21 heavy (non-hydrogen) atoms. The number of hydrogen-bond donors (Lipinski definition) is 2. The number of pyridine rings is 1. The van der Waals surface area contributed by atoms with E-state index in [-0.39, 0.29) is 22.3 Å². The Morgan fingerprint density at radius 2 is 1.86 bits per heavy atom. The first-order valence-corrected chi connectivity index (χ1v) is 6.44. The summed E-state index contributed by atoms with van der Waals surface area (Å²) in [6.07, 6.45) is 4.55. The molecule has 7 heteroatoms. The second-order valence-corrected chi connectivity index (χ2v) is 4.70. The number of anilines is 2. The van der Waals surface area contributed by atoms with Crippen molar-refractivity contribution in [2.24, 2.45) is 0 Å². The number of hydrogen-bond acceptors (Lipinski definition) is 5. The summed E-state index contributed by atoms with van der Waals surface area (Å²) in [5.41, 5.74) is 8.30. The highest BCUT2D eigenvalue weighted by atomic mass is 35.5. The molecule has 3 rings (SSSR count). The highest BCUT2D eigenvalue weighted by Gasteiger charge is 2.11. The second-order valence-electron chi connectivity index (χ2n) is 4.31. The van der Waals surface area contributed by atoms with Crippen LogP contribution in [-0.2, 0) is 0 Å². The van der Waals surface area contributed by atoms with Crippen molar-refractivity contribution < 1.29 is 4.79 Å². The summed E-state index contributed by atoms with van der Waals surface area (Å²) in [7, 11) is 0. The van der Waals surface area contributed by atoms with Gasteiger partial charge in [-0.1, -0.05) is 11.6 Å². The van der Waals surface area contributed by atoms with E-state index in [4.69, 9.17) is 17.3 Å². The van der Waals surface area contributed by atoms with Gasteiger partial charge in [-0.05, 0) is 24.3 Å². The predicted octanol–water partition coefficient (Wildman–Crippen LogP) is 2.51. The van der Waals surface area contributed by atoms with Crippen LogP contribution in [-0.4, -0.2) is 20.9 Å². The van der Waals surface area contributed by atoms with Crippen molar-refractivity contribution in [1.29, 1.82) is 0 Å². The number of nitrogens with two attached hydrogens (primary N) is 1. The van der Waals surface area contributed by atoms with Crippen LogP contribution in [0.1, 0.15) is 10.4 Å². The highest BCUT2D eigenvalue weighted by Crippen LogP contribution is 2.19. The van der Waals surface area contributed by atoms with E-state index in [1.54, 1.807) is 30.6 Å². The fourth-order valence-electron chi connectivity index (χ4n) is 1.88. The summed E-state index contributed by atoms with van der Waals surface area (Å²) in [4.78, 5) is 24.4. The highest BCUT2D eigenvalue weighted by molar-refractivity contribution is 6.30. The Hall–Kier alpha value is -2.73. The Kier molecular flexibility index (Phi) is 3.37. The van der Waals surface area contributed by atoms with E-state index >= 15 is 0 Å². The number of carbonyl (C=O) groups excluding carboxylic acids is 1. The van der Waals surface area contributed by atoms with Gasteiger partial charge in [0.1, 0.15) is 5.15 Å². The number of rotatable bonds is 2. The lowest BCUT2D eigenvalue weighted by Crippen LogP contribution is -2.14. The van der Waals surface area contributed by atoms with Crippen molar-refractivity contribution in [3.63, 3.8) is 0 Å². The third-order valence-corrected chi connectivity index (χ3v) is 3.08. The van der Waals surface area contributed by atoms with Crippen LogP contribution in [0.3, 0.4) is 0 Å². The van der Waals surface area contributed by atoms with Crippen molar-refractivity contribution in [3.05, 3.63) is 53.6 Å².